The van der Waals surface area contributed by atoms with Crippen LogP contribution < -0.4 is 4.90 Å². The molecule has 0 spiro atoms. The topological polar surface area (TPSA) is 4.44 Å². The molecule has 0 amide bonds. The zero-order chi connectivity index (χ0) is 11.3. The van der Waals surface area contributed by atoms with Crippen molar-refractivity contribution in [3.8, 4) is 0 Å². The first kappa shape index (κ1) is 10.8. The first-order valence-electron chi connectivity index (χ1n) is 8.15. The van der Waals surface area contributed by atoms with E-state index in [4.69, 9.17) is 0 Å². The highest BCUT2D eigenvalue weighted by atomic mass is 15.1. The fourth-order valence-corrected chi connectivity index (χ4v) is 6.17. The second kappa shape index (κ2) is 3.98. The van der Waals surface area contributed by atoms with E-state index in [2.05, 4.69) is 0 Å². The third-order valence-electron chi connectivity index (χ3n) is 6.42. The van der Waals surface area contributed by atoms with Gasteiger partial charge in [0.1, 0.15) is 0 Å². The number of fused-ring (bicyclic) bond motifs is 1. The first-order chi connectivity index (χ1) is 8.31. The van der Waals surface area contributed by atoms with Crippen molar-refractivity contribution >= 4 is 0 Å². The third kappa shape index (κ3) is 1.95. The number of nitrogens with one attached hydrogen (secondary N) is 1. The Morgan fingerprint density at radius 2 is 1.41 bits per heavy atom. The summed E-state index contributed by atoms with van der Waals surface area (Å²) in [6.07, 6.45) is 14.2. The minimum atomic E-state index is 0.812. The Balaban J connectivity index is 1.55. The molecule has 5 aliphatic rings. The molecule has 0 aromatic heterocycles. The number of quaternary nitrogens is 1. The van der Waals surface area contributed by atoms with Gasteiger partial charge in [-0.25, -0.2) is 0 Å². The highest BCUT2D eigenvalue weighted by Crippen LogP contribution is 2.57. The van der Waals surface area contributed by atoms with Crippen LogP contribution >= 0.6 is 0 Å². The molecule has 0 radical (unpaired) electrons. The number of rotatable bonds is 2. The molecular weight excluding hydrogens is 206 g/mol. The summed E-state index contributed by atoms with van der Waals surface area (Å²) in [5, 5.41) is 0. The molecule has 4 bridgehead atoms. The van der Waals surface area contributed by atoms with Crippen molar-refractivity contribution in [1.82, 2.24) is 0 Å². The van der Waals surface area contributed by atoms with Crippen LogP contribution in [0.25, 0.3) is 0 Å². The summed E-state index contributed by atoms with van der Waals surface area (Å²) >= 11 is 0. The van der Waals surface area contributed by atoms with E-state index < -0.39 is 0 Å². The molecule has 0 aromatic rings. The molecule has 17 heavy (non-hydrogen) atoms. The fraction of sp³-hybridized carbons (Fsp3) is 1.00. The number of hydrogen-bond acceptors (Lipinski definition) is 0. The monoisotopic (exact) mass is 234 g/mol. The van der Waals surface area contributed by atoms with Crippen molar-refractivity contribution in [3.05, 3.63) is 0 Å². The van der Waals surface area contributed by atoms with Gasteiger partial charge in [-0.1, -0.05) is 12.8 Å². The molecule has 1 saturated heterocycles. The molecule has 4 aliphatic carbocycles. The molecule has 5 rings (SSSR count). The third-order valence-corrected chi connectivity index (χ3v) is 6.42. The van der Waals surface area contributed by atoms with Crippen LogP contribution in [0.4, 0.5) is 0 Å². The zero-order valence-corrected chi connectivity index (χ0v) is 11.2. The second-order valence-electron chi connectivity index (χ2n) is 7.89. The molecule has 1 nitrogen and oxygen atoms in total. The van der Waals surface area contributed by atoms with Crippen LogP contribution in [0.1, 0.15) is 57.8 Å². The molecule has 2 unspecified atom stereocenters. The first-order valence-corrected chi connectivity index (χ1v) is 8.15. The summed E-state index contributed by atoms with van der Waals surface area (Å²) in [4.78, 5) is 1.96. The van der Waals surface area contributed by atoms with E-state index >= 15 is 0 Å². The second-order valence-corrected chi connectivity index (χ2v) is 7.89. The van der Waals surface area contributed by atoms with Gasteiger partial charge in [0.05, 0.1) is 19.6 Å². The molecule has 96 valence electrons. The Hall–Kier alpha value is -0.0400. The van der Waals surface area contributed by atoms with E-state index in [1.54, 1.807) is 51.5 Å². The lowest BCUT2D eigenvalue weighted by Gasteiger charge is -2.48. The Labute approximate surface area is 106 Å². The minimum Gasteiger partial charge on any atom is -0.334 e. The number of hydrogen-bond donors (Lipinski definition) is 1. The van der Waals surface area contributed by atoms with Gasteiger partial charge in [-0.3, -0.25) is 0 Å². The maximum absolute atomic E-state index is 1.96. The lowest BCUT2D eigenvalue weighted by molar-refractivity contribution is -0.895. The molecule has 1 N–H and O–H groups in total. The van der Waals surface area contributed by atoms with Gasteiger partial charge in [0.15, 0.2) is 0 Å². The van der Waals surface area contributed by atoms with Gasteiger partial charge in [-0.2, -0.15) is 0 Å². The van der Waals surface area contributed by atoms with E-state index in [-0.39, 0.29) is 0 Å². The van der Waals surface area contributed by atoms with Crippen LogP contribution in [0.2, 0.25) is 0 Å². The van der Waals surface area contributed by atoms with Gasteiger partial charge < -0.3 is 4.90 Å². The largest absolute Gasteiger partial charge is 0.334 e. The van der Waals surface area contributed by atoms with Crippen LogP contribution in [-0.2, 0) is 0 Å². The van der Waals surface area contributed by atoms with Gasteiger partial charge in [0, 0.05) is 18.3 Å². The molecule has 4 saturated carbocycles. The highest BCUT2D eigenvalue weighted by Gasteiger charge is 2.50. The van der Waals surface area contributed by atoms with E-state index in [0.717, 1.165) is 23.2 Å². The summed E-state index contributed by atoms with van der Waals surface area (Å²) < 4.78 is 0. The Morgan fingerprint density at radius 3 is 2.06 bits per heavy atom. The molecule has 1 aliphatic heterocycles. The van der Waals surface area contributed by atoms with E-state index in [0.29, 0.717) is 0 Å². The van der Waals surface area contributed by atoms with Gasteiger partial charge in [0.2, 0.25) is 0 Å². The summed E-state index contributed by atoms with van der Waals surface area (Å²) in [5.74, 6) is 3.39. The van der Waals surface area contributed by atoms with Gasteiger partial charge in [0.25, 0.3) is 0 Å². The van der Waals surface area contributed by atoms with Crippen LogP contribution in [0.15, 0.2) is 0 Å². The van der Waals surface area contributed by atoms with Gasteiger partial charge in [-0.15, -0.1) is 0 Å². The Morgan fingerprint density at radius 1 is 0.824 bits per heavy atom. The fourth-order valence-electron chi connectivity index (χ4n) is 6.17. The standard InChI is InChI=1S/C16H27N/c1-2-6-17(5-1)12-16-9-13-3-4-14(10-16)8-15(7-13)11-16/h13-15H,1-12H2/p+1/t13-,14+,15?,16?. The average molecular weight is 234 g/mol. The minimum absolute atomic E-state index is 0.812. The van der Waals surface area contributed by atoms with E-state index in [9.17, 15) is 0 Å². The summed E-state index contributed by atoms with van der Waals surface area (Å²) in [5.41, 5.74) is 0.812. The predicted octanol–water partition coefficient (Wildman–Crippen LogP) is 2.27. The van der Waals surface area contributed by atoms with Crippen molar-refractivity contribution in [2.45, 2.75) is 57.8 Å². The summed E-state index contributed by atoms with van der Waals surface area (Å²) in [6.45, 7) is 4.53. The molecule has 5 fully saturated rings. The predicted molar refractivity (Wildman–Crippen MR) is 70.0 cm³/mol. The van der Waals surface area contributed by atoms with Crippen LogP contribution in [-0.4, -0.2) is 19.6 Å². The Kier molecular flexibility index (Phi) is 2.54. The smallest absolute Gasteiger partial charge is 0.0828 e. The number of likely N-dealkylation sites (tertiary alicyclic amines) is 1. The van der Waals surface area contributed by atoms with Crippen LogP contribution in [0, 0.1) is 23.2 Å². The van der Waals surface area contributed by atoms with Crippen molar-refractivity contribution < 1.29 is 4.90 Å². The van der Waals surface area contributed by atoms with Crippen LogP contribution in [0.3, 0.4) is 0 Å². The maximum atomic E-state index is 1.96. The normalized spacial score (nSPS) is 49.8. The zero-order valence-electron chi connectivity index (χ0n) is 11.2. The van der Waals surface area contributed by atoms with Gasteiger partial charge >= 0.3 is 0 Å². The van der Waals surface area contributed by atoms with E-state index in [1.807, 2.05) is 4.90 Å². The van der Waals surface area contributed by atoms with Crippen molar-refractivity contribution in [2.24, 2.45) is 23.2 Å². The van der Waals surface area contributed by atoms with Gasteiger partial charge in [-0.05, 0) is 49.9 Å². The SMILES string of the molecule is C1CC[NH+](CC23CC4C[C@@H](CC[C@@H](C4)C2)C3)C1. The van der Waals surface area contributed by atoms with E-state index in [1.165, 1.54) is 25.9 Å². The summed E-state index contributed by atoms with van der Waals surface area (Å²) in [7, 11) is 0. The van der Waals surface area contributed by atoms with Crippen molar-refractivity contribution in [1.29, 1.82) is 0 Å². The lowest BCUT2D eigenvalue weighted by atomic mass is 9.58. The van der Waals surface area contributed by atoms with Crippen molar-refractivity contribution in [2.75, 3.05) is 19.6 Å². The maximum Gasteiger partial charge on any atom is 0.0828 e. The molecular formula is C16H28N+. The molecule has 0 aromatic carbocycles. The average Bonchev–Trinajstić information content (AvgIpc) is 2.68. The summed E-state index contributed by atoms with van der Waals surface area (Å²) in [6, 6.07) is 0. The molecule has 4 atom stereocenters. The quantitative estimate of drug-likeness (QED) is 0.747. The highest BCUT2D eigenvalue weighted by molar-refractivity contribution is 4.98. The Bertz CT molecular complexity index is 276. The molecule has 1 heteroatoms. The van der Waals surface area contributed by atoms with Crippen molar-refractivity contribution in [3.63, 3.8) is 0 Å². The van der Waals surface area contributed by atoms with Crippen LogP contribution in [0.5, 0.6) is 0 Å². The molecule has 1 heterocycles. The lowest BCUT2D eigenvalue weighted by Crippen LogP contribution is -3.11.